The van der Waals surface area contributed by atoms with E-state index in [4.69, 9.17) is 4.42 Å². The van der Waals surface area contributed by atoms with Crippen molar-refractivity contribution >= 4 is 11.1 Å². The first-order chi connectivity index (χ1) is 8.25. The lowest BCUT2D eigenvalue weighted by atomic mass is 9.87. The average molecular weight is 231 g/mol. The number of nitrogens with zero attached hydrogens (tertiary/aromatic N) is 1. The molecule has 1 heterocycles. The minimum atomic E-state index is -0.203. The summed E-state index contributed by atoms with van der Waals surface area (Å²) < 4.78 is 7.13. The molecule has 0 unspecified atom stereocenters. The molecule has 90 valence electrons. The molecule has 1 aliphatic carbocycles. The van der Waals surface area contributed by atoms with Gasteiger partial charge in [-0.2, -0.15) is 0 Å². The van der Waals surface area contributed by atoms with Gasteiger partial charge < -0.3 is 4.42 Å². The Balaban J connectivity index is 2.05. The summed E-state index contributed by atoms with van der Waals surface area (Å²) >= 11 is 0. The molecule has 0 N–H and O–H groups in total. The van der Waals surface area contributed by atoms with Gasteiger partial charge >= 0.3 is 5.76 Å². The van der Waals surface area contributed by atoms with Crippen LogP contribution < -0.4 is 5.76 Å². The van der Waals surface area contributed by atoms with Crippen LogP contribution in [0.2, 0.25) is 0 Å². The Morgan fingerprint density at radius 1 is 1.18 bits per heavy atom. The van der Waals surface area contributed by atoms with Crippen LogP contribution in [0.5, 0.6) is 0 Å². The van der Waals surface area contributed by atoms with Gasteiger partial charge in [-0.1, -0.05) is 19.1 Å². The van der Waals surface area contributed by atoms with Crippen LogP contribution in [0.4, 0.5) is 0 Å². The molecule has 1 saturated carbocycles. The fourth-order valence-corrected chi connectivity index (χ4v) is 2.83. The van der Waals surface area contributed by atoms with E-state index < -0.39 is 0 Å². The molecule has 1 aromatic heterocycles. The molecular formula is C14H17NO2. The van der Waals surface area contributed by atoms with Crippen LogP contribution in [0.25, 0.3) is 11.1 Å². The van der Waals surface area contributed by atoms with Crippen LogP contribution in [-0.4, -0.2) is 4.57 Å². The van der Waals surface area contributed by atoms with Crippen molar-refractivity contribution in [3.63, 3.8) is 0 Å². The maximum absolute atomic E-state index is 11.9. The van der Waals surface area contributed by atoms with Crippen LogP contribution in [0.15, 0.2) is 33.5 Å². The monoisotopic (exact) mass is 231 g/mol. The Hall–Kier alpha value is -1.51. The third-order valence-electron chi connectivity index (χ3n) is 3.87. The standard InChI is InChI=1S/C14H17NO2/c1-10-6-8-11(9-7-10)15-12-4-2-3-5-13(12)17-14(15)16/h2-5,10-11H,6-9H2,1H3. The Morgan fingerprint density at radius 2 is 1.88 bits per heavy atom. The lowest BCUT2D eigenvalue weighted by molar-refractivity contribution is 0.281. The van der Waals surface area contributed by atoms with Crippen molar-refractivity contribution < 1.29 is 4.42 Å². The number of aromatic nitrogens is 1. The molecule has 1 aromatic carbocycles. The Labute approximate surface area is 100 Å². The SMILES string of the molecule is CC1CCC(n2c(=O)oc3ccccc32)CC1. The van der Waals surface area contributed by atoms with Crippen LogP contribution >= 0.6 is 0 Å². The van der Waals surface area contributed by atoms with Gasteiger partial charge in [0.05, 0.1) is 5.52 Å². The summed E-state index contributed by atoms with van der Waals surface area (Å²) in [6, 6.07) is 8.01. The van der Waals surface area contributed by atoms with Gasteiger partial charge in [-0.15, -0.1) is 0 Å². The van der Waals surface area contributed by atoms with E-state index in [0.29, 0.717) is 11.6 Å². The highest BCUT2D eigenvalue weighted by Gasteiger charge is 2.23. The quantitative estimate of drug-likeness (QED) is 0.754. The molecule has 0 atom stereocenters. The normalized spacial score (nSPS) is 25.2. The fraction of sp³-hybridized carbons (Fsp3) is 0.500. The van der Waals surface area contributed by atoms with Gasteiger partial charge in [-0.3, -0.25) is 4.57 Å². The number of para-hydroxylation sites is 2. The van der Waals surface area contributed by atoms with E-state index in [1.165, 1.54) is 12.8 Å². The lowest BCUT2D eigenvalue weighted by Gasteiger charge is -2.26. The number of rotatable bonds is 1. The third-order valence-corrected chi connectivity index (χ3v) is 3.87. The molecule has 2 aromatic rings. The van der Waals surface area contributed by atoms with E-state index in [2.05, 4.69) is 6.92 Å². The zero-order valence-electron chi connectivity index (χ0n) is 10.1. The van der Waals surface area contributed by atoms with E-state index in [-0.39, 0.29) is 5.76 Å². The highest BCUT2D eigenvalue weighted by molar-refractivity contribution is 5.72. The van der Waals surface area contributed by atoms with Crippen LogP contribution in [-0.2, 0) is 0 Å². The van der Waals surface area contributed by atoms with Crippen LogP contribution in [0.1, 0.15) is 38.6 Å². The van der Waals surface area contributed by atoms with E-state index in [0.717, 1.165) is 24.3 Å². The topological polar surface area (TPSA) is 35.1 Å². The molecule has 3 rings (SSSR count). The van der Waals surface area contributed by atoms with Crippen molar-refractivity contribution in [2.75, 3.05) is 0 Å². The molecule has 0 saturated heterocycles. The summed E-state index contributed by atoms with van der Waals surface area (Å²) in [4.78, 5) is 11.9. The molecule has 0 radical (unpaired) electrons. The summed E-state index contributed by atoms with van der Waals surface area (Å²) in [6.45, 7) is 2.28. The van der Waals surface area contributed by atoms with Crippen molar-refractivity contribution in [1.29, 1.82) is 0 Å². The predicted molar refractivity (Wildman–Crippen MR) is 67.1 cm³/mol. The highest BCUT2D eigenvalue weighted by Crippen LogP contribution is 2.32. The summed E-state index contributed by atoms with van der Waals surface area (Å²) in [7, 11) is 0. The fourth-order valence-electron chi connectivity index (χ4n) is 2.83. The summed E-state index contributed by atoms with van der Waals surface area (Å²) in [5.74, 6) is 0.589. The van der Waals surface area contributed by atoms with Crippen LogP contribution in [0, 0.1) is 5.92 Å². The van der Waals surface area contributed by atoms with Crippen molar-refractivity contribution in [2.24, 2.45) is 5.92 Å². The summed E-state index contributed by atoms with van der Waals surface area (Å²) in [5.41, 5.74) is 1.65. The second-order valence-electron chi connectivity index (χ2n) is 5.12. The first-order valence-electron chi connectivity index (χ1n) is 6.36. The largest absolute Gasteiger partial charge is 0.420 e. The van der Waals surface area contributed by atoms with Crippen molar-refractivity contribution in [1.82, 2.24) is 4.57 Å². The number of hydrogen-bond acceptors (Lipinski definition) is 2. The second kappa shape index (κ2) is 4.06. The highest BCUT2D eigenvalue weighted by atomic mass is 16.4. The Morgan fingerprint density at radius 3 is 2.65 bits per heavy atom. The van der Waals surface area contributed by atoms with E-state index in [1.807, 2.05) is 28.8 Å². The molecular weight excluding hydrogens is 214 g/mol. The van der Waals surface area contributed by atoms with Gasteiger partial charge in [-0.05, 0) is 43.7 Å². The van der Waals surface area contributed by atoms with E-state index in [9.17, 15) is 4.79 Å². The lowest BCUT2D eigenvalue weighted by Crippen LogP contribution is -2.24. The number of oxazole rings is 1. The first-order valence-corrected chi connectivity index (χ1v) is 6.36. The Bertz CT molecular complexity index is 573. The molecule has 3 heteroatoms. The van der Waals surface area contributed by atoms with E-state index in [1.54, 1.807) is 0 Å². The second-order valence-corrected chi connectivity index (χ2v) is 5.12. The van der Waals surface area contributed by atoms with Crippen molar-refractivity contribution in [2.45, 2.75) is 38.6 Å². The van der Waals surface area contributed by atoms with Crippen molar-refractivity contribution in [3.05, 3.63) is 34.8 Å². The molecule has 0 amide bonds. The zero-order chi connectivity index (χ0) is 11.8. The van der Waals surface area contributed by atoms with Gasteiger partial charge in [-0.25, -0.2) is 4.79 Å². The predicted octanol–water partition coefficient (Wildman–Crippen LogP) is 3.35. The van der Waals surface area contributed by atoms with Crippen molar-refractivity contribution in [3.8, 4) is 0 Å². The number of fused-ring (bicyclic) bond motifs is 1. The van der Waals surface area contributed by atoms with Crippen LogP contribution in [0.3, 0.4) is 0 Å². The third kappa shape index (κ3) is 1.79. The average Bonchev–Trinajstić information content (AvgIpc) is 2.66. The van der Waals surface area contributed by atoms with E-state index >= 15 is 0 Å². The van der Waals surface area contributed by atoms with Gasteiger partial charge in [0.15, 0.2) is 5.58 Å². The Kier molecular flexibility index (Phi) is 2.54. The molecule has 0 bridgehead atoms. The number of benzene rings is 1. The minimum absolute atomic E-state index is 0.203. The first kappa shape index (κ1) is 10.6. The summed E-state index contributed by atoms with van der Waals surface area (Å²) in [6.07, 6.45) is 4.59. The summed E-state index contributed by atoms with van der Waals surface area (Å²) in [5, 5.41) is 0. The molecule has 1 fully saturated rings. The zero-order valence-corrected chi connectivity index (χ0v) is 10.1. The number of hydrogen-bond donors (Lipinski definition) is 0. The van der Waals surface area contributed by atoms with Gasteiger partial charge in [0, 0.05) is 6.04 Å². The smallest absolute Gasteiger partial charge is 0.408 e. The molecule has 1 aliphatic rings. The van der Waals surface area contributed by atoms with Gasteiger partial charge in [0.2, 0.25) is 0 Å². The molecule has 0 aliphatic heterocycles. The molecule has 17 heavy (non-hydrogen) atoms. The molecule has 0 spiro atoms. The molecule has 3 nitrogen and oxygen atoms in total. The minimum Gasteiger partial charge on any atom is -0.408 e. The van der Waals surface area contributed by atoms with Gasteiger partial charge in [0.1, 0.15) is 0 Å². The maximum Gasteiger partial charge on any atom is 0.420 e. The van der Waals surface area contributed by atoms with Gasteiger partial charge in [0.25, 0.3) is 0 Å². The maximum atomic E-state index is 11.9.